The fraction of sp³-hybridized carbons (Fsp3) is 0.704. The minimum atomic E-state index is -2.92. The minimum absolute atomic E-state index is 0.0916. The fourth-order valence-electron chi connectivity index (χ4n) is 5.33. The molecule has 2 aliphatic rings. The lowest BCUT2D eigenvalue weighted by atomic mass is 9.82. The number of hydrogen-bond acceptors (Lipinski definition) is 7. The highest BCUT2D eigenvalue weighted by atomic mass is 19.3. The van der Waals surface area contributed by atoms with Crippen LogP contribution in [-0.4, -0.2) is 68.5 Å². The first-order chi connectivity index (χ1) is 18.9. The Bertz CT molecular complexity index is 1250. The molecule has 4 heterocycles. The highest BCUT2D eigenvalue weighted by Crippen LogP contribution is 2.39. The number of amides is 2. The molecule has 0 spiro atoms. The van der Waals surface area contributed by atoms with Crippen molar-refractivity contribution >= 4 is 23.3 Å². The Morgan fingerprint density at radius 3 is 2.83 bits per heavy atom. The Balaban J connectivity index is 1.73. The van der Waals surface area contributed by atoms with E-state index in [2.05, 4.69) is 25.7 Å². The van der Waals surface area contributed by atoms with Crippen molar-refractivity contribution in [2.45, 2.75) is 95.7 Å². The van der Waals surface area contributed by atoms with Crippen molar-refractivity contribution in [1.29, 1.82) is 5.41 Å². The van der Waals surface area contributed by atoms with Crippen molar-refractivity contribution in [2.24, 2.45) is 5.92 Å². The van der Waals surface area contributed by atoms with Crippen LogP contribution in [0.2, 0.25) is 0 Å². The van der Waals surface area contributed by atoms with E-state index in [0.29, 0.717) is 30.8 Å². The predicted octanol–water partition coefficient (Wildman–Crippen LogP) is 3.84. The second-order valence-electron chi connectivity index (χ2n) is 11.1. The molecule has 0 bridgehead atoms. The van der Waals surface area contributed by atoms with Crippen molar-refractivity contribution in [2.75, 3.05) is 19.8 Å². The molecule has 0 aliphatic carbocycles. The monoisotopic (exact) mass is 565 g/mol. The number of carbonyl (C=O) groups excluding carboxylic acids is 2. The molecule has 2 amide bonds. The molecule has 4 atom stereocenters. The number of nitrogens with one attached hydrogen (secondary N) is 3. The third-order valence-electron chi connectivity index (χ3n) is 7.77. The molecular weight excluding hydrogens is 527 g/mol. The highest BCUT2D eigenvalue weighted by molar-refractivity contribution is 6.36. The number of halogens is 3. The summed E-state index contributed by atoms with van der Waals surface area (Å²) < 4.78 is 51.4. The minimum Gasteiger partial charge on any atom is -0.381 e. The van der Waals surface area contributed by atoms with E-state index in [9.17, 15) is 18.4 Å². The predicted molar refractivity (Wildman–Crippen MR) is 141 cm³/mol. The highest BCUT2D eigenvalue weighted by Gasteiger charge is 2.42. The number of aromatic nitrogens is 4. The average molecular weight is 566 g/mol. The number of rotatable bonds is 11. The molecule has 0 radical (unpaired) electrons. The Kier molecular flexibility index (Phi) is 9.11. The molecule has 4 rings (SSSR count). The van der Waals surface area contributed by atoms with Crippen LogP contribution < -0.4 is 10.6 Å². The molecule has 4 unspecified atom stereocenters. The number of fused-ring (bicyclic) bond motifs is 1. The second kappa shape index (κ2) is 12.2. The first kappa shape index (κ1) is 29.9. The van der Waals surface area contributed by atoms with Gasteiger partial charge in [0.25, 0.3) is 11.7 Å². The zero-order valence-electron chi connectivity index (χ0n) is 23.2. The number of hydrogen-bond donors (Lipinski definition) is 3. The first-order valence-electron chi connectivity index (χ1n) is 13.9. The second-order valence-corrected chi connectivity index (χ2v) is 11.1. The van der Waals surface area contributed by atoms with Gasteiger partial charge in [-0.15, -0.1) is 0 Å². The molecule has 2 saturated heterocycles. The molecule has 220 valence electrons. The topological polar surface area (TPSA) is 134 Å². The Morgan fingerprint density at radius 1 is 1.38 bits per heavy atom. The van der Waals surface area contributed by atoms with Crippen molar-refractivity contribution in [3.05, 3.63) is 23.3 Å². The van der Waals surface area contributed by atoms with Crippen molar-refractivity contribution < 1.29 is 27.5 Å². The molecule has 2 aliphatic heterocycles. The van der Waals surface area contributed by atoms with Gasteiger partial charge in [-0.2, -0.15) is 5.10 Å². The van der Waals surface area contributed by atoms with Gasteiger partial charge in [0.2, 0.25) is 11.8 Å². The zero-order chi connectivity index (χ0) is 29.1. The lowest BCUT2D eigenvalue weighted by molar-refractivity contribution is -0.126. The van der Waals surface area contributed by atoms with Crippen molar-refractivity contribution in [3.63, 3.8) is 0 Å². The molecule has 3 N–H and O–H groups in total. The van der Waals surface area contributed by atoms with E-state index in [1.54, 1.807) is 6.92 Å². The van der Waals surface area contributed by atoms with E-state index in [4.69, 9.17) is 10.1 Å². The van der Waals surface area contributed by atoms with Crippen LogP contribution in [0.25, 0.3) is 5.78 Å². The van der Waals surface area contributed by atoms with Crippen LogP contribution >= 0.6 is 0 Å². The Labute approximate surface area is 231 Å². The first-order valence-corrected chi connectivity index (χ1v) is 13.9. The lowest BCUT2D eigenvalue weighted by Crippen LogP contribution is -2.40. The van der Waals surface area contributed by atoms with E-state index < -0.39 is 35.9 Å². The maximum absolute atomic E-state index is 15.7. The van der Waals surface area contributed by atoms with Gasteiger partial charge < -0.3 is 15.4 Å². The van der Waals surface area contributed by atoms with Gasteiger partial charge in [0.1, 0.15) is 5.67 Å². The summed E-state index contributed by atoms with van der Waals surface area (Å²) >= 11 is 0. The van der Waals surface area contributed by atoms with Crippen LogP contribution in [0, 0.1) is 11.3 Å². The number of imidazole rings is 1. The fourth-order valence-corrected chi connectivity index (χ4v) is 5.33. The number of carbonyl (C=O) groups is 2. The van der Waals surface area contributed by atoms with E-state index in [1.807, 2.05) is 0 Å². The van der Waals surface area contributed by atoms with E-state index in [0.717, 1.165) is 6.42 Å². The van der Waals surface area contributed by atoms with Gasteiger partial charge >= 0.3 is 0 Å². The summed E-state index contributed by atoms with van der Waals surface area (Å²) in [5.74, 6) is -4.66. The van der Waals surface area contributed by atoms with Crippen molar-refractivity contribution in [3.8, 4) is 0 Å². The molecule has 2 aromatic rings. The van der Waals surface area contributed by atoms with E-state index in [-0.39, 0.29) is 67.9 Å². The SMILES string of the molecule is CCCC(F)(F)CCC(NC(=O)C(C)=N)c1cn2nc(CC3CCCNC3=O)c(C3COCCC3(C)F)nc2n1. The quantitative estimate of drug-likeness (QED) is 0.355. The van der Waals surface area contributed by atoms with Crippen LogP contribution in [0.3, 0.4) is 0 Å². The summed E-state index contributed by atoms with van der Waals surface area (Å²) in [7, 11) is 0. The number of nitrogens with zero attached hydrogens (tertiary/aromatic N) is 4. The zero-order valence-corrected chi connectivity index (χ0v) is 23.2. The van der Waals surface area contributed by atoms with Crippen LogP contribution in [0.4, 0.5) is 13.2 Å². The molecule has 2 aromatic heterocycles. The van der Waals surface area contributed by atoms with Gasteiger partial charge in [0.15, 0.2) is 0 Å². The molecule has 10 nitrogen and oxygen atoms in total. The summed E-state index contributed by atoms with van der Waals surface area (Å²) in [6.07, 6.45) is 2.86. The van der Waals surface area contributed by atoms with Gasteiger partial charge in [-0.05, 0) is 33.1 Å². The molecule has 2 fully saturated rings. The van der Waals surface area contributed by atoms with Gasteiger partial charge in [0, 0.05) is 44.8 Å². The molecule has 0 aromatic carbocycles. The molecule has 0 saturated carbocycles. The van der Waals surface area contributed by atoms with Crippen molar-refractivity contribution in [1.82, 2.24) is 30.2 Å². The number of ether oxygens (including phenoxy) is 1. The summed E-state index contributed by atoms with van der Waals surface area (Å²) in [5.41, 5.74) is -0.822. The largest absolute Gasteiger partial charge is 0.381 e. The van der Waals surface area contributed by atoms with Gasteiger partial charge in [0.05, 0.1) is 47.6 Å². The summed E-state index contributed by atoms with van der Waals surface area (Å²) in [6, 6.07) is -0.917. The summed E-state index contributed by atoms with van der Waals surface area (Å²) in [4.78, 5) is 34.0. The number of alkyl halides is 3. The van der Waals surface area contributed by atoms with Crippen LogP contribution in [0.1, 0.15) is 94.8 Å². The smallest absolute Gasteiger partial charge is 0.265 e. The maximum atomic E-state index is 15.7. The third kappa shape index (κ3) is 6.97. The Hall–Kier alpha value is -3.09. The van der Waals surface area contributed by atoms with Gasteiger partial charge in [-0.1, -0.05) is 13.3 Å². The lowest BCUT2D eigenvalue weighted by Gasteiger charge is -2.35. The summed E-state index contributed by atoms with van der Waals surface area (Å²) in [6.45, 7) is 5.48. The third-order valence-corrected chi connectivity index (χ3v) is 7.77. The average Bonchev–Trinajstić information content (AvgIpc) is 3.30. The number of piperidine rings is 1. The summed E-state index contributed by atoms with van der Waals surface area (Å²) in [5, 5.41) is 17.8. The normalized spacial score (nSPS) is 24.5. The van der Waals surface area contributed by atoms with Crippen LogP contribution in [0.5, 0.6) is 0 Å². The van der Waals surface area contributed by atoms with Crippen LogP contribution in [0.15, 0.2) is 6.20 Å². The van der Waals surface area contributed by atoms with Gasteiger partial charge in [-0.25, -0.2) is 27.7 Å². The molecule has 13 heteroatoms. The molecule has 40 heavy (non-hydrogen) atoms. The van der Waals surface area contributed by atoms with E-state index >= 15 is 4.39 Å². The van der Waals surface area contributed by atoms with Crippen LogP contribution in [-0.2, 0) is 20.7 Å². The van der Waals surface area contributed by atoms with Gasteiger partial charge in [-0.3, -0.25) is 15.0 Å². The van der Waals surface area contributed by atoms with E-state index in [1.165, 1.54) is 24.6 Å². The molecular formula is C27H38F3N7O3. The maximum Gasteiger partial charge on any atom is 0.265 e. The standard InChI is InChI=1S/C27H38F3N7O3/c1-4-8-27(29,30)9-7-19(33-23(38)16(2)31)21-14-37-25(34-21)35-22(18-15-40-12-10-26(18,3)28)20(36-37)13-17-6-5-11-32-24(17)39/h14,17-19,31H,4-13,15H2,1-3H3,(H,32,39)(H,33,38). The Morgan fingerprint density at radius 2 is 2.15 bits per heavy atom.